The predicted molar refractivity (Wildman–Crippen MR) is 82.3 cm³/mol. The lowest BCUT2D eigenvalue weighted by Gasteiger charge is -2.33. The number of esters is 2. The molecule has 0 amide bonds. The number of carbonyl (C=O) groups is 2. The van der Waals surface area contributed by atoms with Crippen LogP contribution in [0.15, 0.2) is 47.6 Å². The quantitative estimate of drug-likeness (QED) is 0.777. The van der Waals surface area contributed by atoms with Crippen LogP contribution in [0.25, 0.3) is 0 Å². The first-order chi connectivity index (χ1) is 10.6. The minimum absolute atomic E-state index is 0.0451. The Hall–Kier alpha value is -1.95. The van der Waals surface area contributed by atoms with Crippen molar-refractivity contribution in [3.63, 3.8) is 0 Å². The highest BCUT2D eigenvalue weighted by Gasteiger charge is 2.36. The van der Waals surface area contributed by atoms with E-state index < -0.39 is 24.1 Å². The summed E-state index contributed by atoms with van der Waals surface area (Å²) in [5.74, 6) is -0.789. The standard InChI is InChI=1S/C16H18O5S/c1-11(17)20-10-14-16(21-12(2)18)15(8-9-19-14)22-13-6-4-3-5-7-13/h3-9,14-16H,10H2,1-2H3/t14-,15-,16-/m1/s1. The van der Waals surface area contributed by atoms with Crippen molar-refractivity contribution in [3.8, 4) is 0 Å². The normalized spacial score (nSPS) is 23.5. The molecule has 118 valence electrons. The molecule has 0 N–H and O–H groups in total. The van der Waals surface area contributed by atoms with E-state index in [1.54, 1.807) is 18.0 Å². The monoisotopic (exact) mass is 322 g/mol. The van der Waals surface area contributed by atoms with Crippen LogP contribution in [0.2, 0.25) is 0 Å². The molecule has 0 aromatic heterocycles. The highest BCUT2D eigenvalue weighted by molar-refractivity contribution is 8.00. The topological polar surface area (TPSA) is 61.8 Å². The molecular formula is C16H18O5S. The number of benzene rings is 1. The summed E-state index contributed by atoms with van der Waals surface area (Å²) in [6.45, 7) is 2.73. The molecule has 6 heteroatoms. The first-order valence-electron chi connectivity index (χ1n) is 6.90. The zero-order valence-electron chi connectivity index (χ0n) is 12.4. The zero-order valence-corrected chi connectivity index (χ0v) is 13.2. The average Bonchev–Trinajstić information content (AvgIpc) is 2.48. The summed E-state index contributed by atoms with van der Waals surface area (Å²) in [7, 11) is 0. The Morgan fingerprint density at radius 2 is 1.91 bits per heavy atom. The van der Waals surface area contributed by atoms with Crippen LogP contribution in [0.4, 0.5) is 0 Å². The Bertz CT molecular complexity index is 543. The fourth-order valence-corrected chi connectivity index (χ4v) is 3.19. The second kappa shape index (κ2) is 7.89. The van der Waals surface area contributed by atoms with Gasteiger partial charge in [0.05, 0.1) is 11.5 Å². The number of hydrogen-bond donors (Lipinski definition) is 0. The summed E-state index contributed by atoms with van der Waals surface area (Å²) in [6, 6.07) is 9.81. The second-order valence-electron chi connectivity index (χ2n) is 4.78. The van der Waals surface area contributed by atoms with E-state index in [4.69, 9.17) is 14.2 Å². The molecule has 2 rings (SSSR count). The fraction of sp³-hybridized carbons (Fsp3) is 0.375. The van der Waals surface area contributed by atoms with Gasteiger partial charge in [-0.25, -0.2) is 0 Å². The van der Waals surface area contributed by atoms with Crippen LogP contribution in [0.3, 0.4) is 0 Å². The fourth-order valence-electron chi connectivity index (χ4n) is 2.05. The van der Waals surface area contributed by atoms with Crippen molar-refractivity contribution in [3.05, 3.63) is 42.7 Å². The molecule has 1 aromatic rings. The molecule has 1 aliphatic heterocycles. The van der Waals surface area contributed by atoms with Gasteiger partial charge in [-0.05, 0) is 18.2 Å². The van der Waals surface area contributed by atoms with Crippen LogP contribution in [0, 0.1) is 0 Å². The van der Waals surface area contributed by atoms with Gasteiger partial charge in [0.1, 0.15) is 6.61 Å². The third-order valence-corrected chi connectivity index (χ3v) is 4.22. The maximum Gasteiger partial charge on any atom is 0.303 e. The molecule has 0 spiro atoms. The van der Waals surface area contributed by atoms with E-state index in [-0.39, 0.29) is 11.9 Å². The molecule has 0 aliphatic carbocycles. The maximum absolute atomic E-state index is 11.4. The van der Waals surface area contributed by atoms with Crippen molar-refractivity contribution in [1.82, 2.24) is 0 Å². The van der Waals surface area contributed by atoms with Gasteiger partial charge in [0.25, 0.3) is 0 Å². The molecule has 22 heavy (non-hydrogen) atoms. The van der Waals surface area contributed by atoms with Crippen LogP contribution in [-0.4, -0.2) is 36.0 Å². The number of ether oxygens (including phenoxy) is 3. The smallest absolute Gasteiger partial charge is 0.303 e. The van der Waals surface area contributed by atoms with E-state index in [1.165, 1.54) is 13.8 Å². The number of hydrogen-bond acceptors (Lipinski definition) is 6. The van der Waals surface area contributed by atoms with Crippen LogP contribution in [0.5, 0.6) is 0 Å². The summed E-state index contributed by atoms with van der Waals surface area (Å²) in [5.41, 5.74) is 0. The first kappa shape index (κ1) is 16.4. The third-order valence-electron chi connectivity index (χ3n) is 2.98. The van der Waals surface area contributed by atoms with E-state index in [0.29, 0.717) is 0 Å². The lowest BCUT2D eigenvalue weighted by molar-refractivity contribution is -0.159. The SMILES string of the molecule is CC(=O)OC[C@H]1OC=C[C@@H](Sc2ccccc2)[C@@H]1OC(C)=O. The summed E-state index contributed by atoms with van der Waals surface area (Å²) in [6.07, 6.45) is 2.37. The molecule has 1 aromatic carbocycles. The van der Waals surface area contributed by atoms with Gasteiger partial charge in [-0.15, -0.1) is 11.8 Å². The van der Waals surface area contributed by atoms with Gasteiger partial charge >= 0.3 is 11.9 Å². The highest BCUT2D eigenvalue weighted by Crippen LogP contribution is 2.32. The summed E-state index contributed by atoms with van der Waals surface area (Å²) in [4.78, 5) is 23.4. The summed E-state index contributed by atoms with van der Waals surface area (Å²) >= 11 is 1.57. The molecule has 5 nitrogen and oxygen atoms in total. The molecule has 0 fully saturated rings. The summed E-state index contributed by atoms with van der Waals surface area (Å²) < 4.78 is 15.8. The minimum Gasteiger partial charge on any atom is -0.491 e. The molecule has 0 bridgehead atoms. The van der Waals surface area contributed by atoms with Gasteiger partial charge in [-0.2, -0.15) is 0 Å². The van der Waals surface area contributed by atoms with Crippen molar-refractivity contribution >= 4 is 23.7 Å². The molecule has 1 heterocycles. The Labute approximate surface area is 133 Å². The van der Waals surface area contributed by atoms with E-state index in [0.717, 1.165) is 4.90 Å². The van der Waals surface area contributed by atoms with Gasteiger partial charge in [-0.3, -0.25) is 9.59 Å². The molecular weight excluding hydrogens is 304 g/mol. The van der Waals surface area contributed by atoms with Crippen molar-refractivity contribution < 1.29 is 23.8 Å². The average molecular weight is 322 g/mol. The predicted octanol–water partition coefficient (Wildman–Crippen LogP) is 2.55. The van der Waals surface area contributed by atoms with Gasteiger partial charge < -0.3 is 14.2 Å². The Kier molecular flexibility index (Phi) is 5.89. The van der Waals surface area contributed by atoms with Crippen LogP contribution in [-0.2, 0) is 23.8 Å². The molecule has 0 radical (unpaired) electrons. The molecule has 3 atom stereocenters. The molecule has 1 aliphatic rings. The van der Waals surface area contributed by atoms with Gasteiger partial charge in [-0.1, -0.05) is 18.2 Å². The van der Waals surface area contributed by atoms with Crippen molar-refractivity contribution in [2.45, 2.75) is 36.2 Å². The Morgan fingerprint density at radius 1 is 1.18 bits per heavy atom. The number of carbonyl (C=O) groups excluding carboxylic acids is 2. The van der Waals surface area contributed by atoms with Gasteiger partial charge in [0, 0.05) is 18.7 Å². The Balaban J connectivity index is 2.11. The van der Waals surface area contributed by atoms with E-state index in [9.17, 15) is 9.59 Å². The minimum atomic E-state index is -0.521. The van der Waals surface area contributed by atoms with Crippen LogP contribution >= 0.6 is 11.8 Å². The van der Waals surface area contributed by atoms with Gasteiger partial charge in [0.2, 0.25) is 0 Å². The molecule has 0 saturated heterocycles. The lowest BCUT2D eigenvalue weighted by Crippen LogP contribution is -2.44. The largest absolute Gasteiger partial charge is 0.491 e. The zero-order chi connectivity index (χ0) is 15.9. The second-order valence-corrected chi connectivity index (χ2v) is 6.03. The van der Waals surface area contributed by atoms with E-state index >= 15 is 0 Å². The van der Waals surface area contributed by atoms with Crippen LogP contribution in [0.1, 0.15) is 13.8 Å². The van der Waals surface area contributed by atoms with E-state index in [2.05, 4.69) is 0 Å². The number of thioether (sulfide) groups is 1. The van der Waals surface area contributed by atoms with E-state index in [1.807, 2.05) is 36.4 Å². The first-order valence-corrected chi connectivity index (χ1v) is 7.78. The van der Waals surface area contributed by atoms with Crippen LogP contribution < -0.4 is 0 Å². The Morgan fingerprint density at radius 3 is 2.55 bits per heavy atom. The third kappa shape index (κ3) is 4.80. The maximum atomic E-state index is 11.4. The highest BCUT2D eigenvalue weighted by atomic mass is 32.2. The molecule has 0 saturated carbocycles. The van der Waals surface area contributed by atoms with Crippen molar-refractivity contribution in [2.24, 2.45) is 0 Å². The van der Waals surface area contributed by atoms with Crippen molar-refractivity contribution in [2.75, 3.05) is 6.61 Å². The van der Waals surface area contributed by atoms with Gasteiger partial charge in [0.15, 0.2) is 12.2 Å². The number of rotatable bonds is 5. The molecule has 0 unspecified atom stereocenters. The summed E-state index contributed by atoms with van der Waals surface area (Å²) in [5, 5.41) is -0.111. The lowest BCUT2D eigenvalue weighted by atomic mass is 10.1. The van der Waals surface area contributed by atoms with Crippen molar-refractivity contribution in [1.29, 1.82) is 0 Å².